The number of aliphatic carboxylic acids is 1. The maximum Gasteiger partial charge on any atom is 0.326 e. The van der Waals surface area contributed by atoms with Crippen molar-refractivity contribution in [3.8, 4) is 0 Å². The summed E-state index contributed by atoms with van der Waals surface area (Å²) in [6, 6.07) is 4.84. The molecule has 0 bridgehead atoms. The lowest BCUT2D eigenvalue weighted by atomic mass is 10.0. The van der Waals surface area contributed by atoms with E-state index in [1.807, 2.05) is 35.2 Å². The monoisotopic (exact) mass is 251 g/mol. The van der Waals surface area contributed by atoms with Crippen molar-refractivity contribution in [2.24, 2.45) is 5.92 Å². The minimum Gasteiger partial charge on any atom is -0.480 e. The first-order valence-corrected chi connectivity index (χ1v) is 5.97. The summed E-state index contributed by atoms with van der Waals surface area (Å²) in [6.07, 6.45) is 4.00. The van der Waals surface area contributed by atoms with Crippen molar-refractivity contribution in [2.45, 2.75) is 32.9 Å². The quantitative estimate of drug-likeness (QED) is 0.727. The van der Waals surface area contributed by atoms with Crippen molar-refractivity contribution in [3.63, 3.8) is 0 Å². The van der Waals surface area contributed by atoms with E-state index >= 15 is 0 Å². The molecule has 0 aliphatic carbocycles. The first kappa shape index (κ1) is 14.2. The zero-order chi connectivity index (χ0) is 13.5. The number of aromatic nitrogens is 1. The molecule has 5 heteroatoms. The highest BCUT2D eigenvalue weighted by atomic mass is 16.4. The van der Waals surface area contributed by atoms with E-state index in [4.69, 9.17) is 5.11 Å². The van der Waals surface area contributed by atoms with E-state index < -0.39 is 12.0 Å². The van der Waals surface area contributed by atoms with Crippen molar-refractivity contribution < 1.29 is 19.3 Å². The predicted molar refractivity (Wildman–Crippen MR) is 65.7 cm³/mol. The van der Waals surface area contributed by atoms with Crippen LogP contribution in [0, 0.1) is 5.92 Å². The maximum atomic E-state index is 11.6. The maximum absolute atomic E-state index is 11.6. The summed E-state index contributed by atoms with van der Waals surface area (Å²) < 4.78 is 1.88. The largest absolute Gasteiger partial charge is 0.480 e. The van der Waals surface area contributed by atoms with Gasteiger partial charge in [0.1, 0.15) is 6.04 Å². The number of carbonyl (C=O) groups is 2. The number of hydrogen-bond acceptors (Lipinski definition) is 2. The summed E-state index contributed by atoms with van der Waals surface area (Å²) in [6.45, 7) is 4.08. The molecule has 1 atom stereocenters. The topological polar surface area (TPSA) is 70.3 Å². The van der Waals surface area contributed by atoms with Crippen LogP contribution in [0.2, 0.25) is 0 Å². The molecule has 18 heavy (non-hydrogen) atoms. The third-order valence-corrected chi connectivity index (χ3v) is 2.62. The van der Waals surface area contributed by atoms with E-state index in [0.717, 1.165) is 0 Å². The fraction of sp³-hybridized carbons (Fsp3) is 0.462. The molecule has 0 fully saturated rings. The number of aryl methyl sites for hydroxylation is 1. The molecule has 0 aromatic carbocycles. The van der Waals surface area contributed by atoms with Gasteiger partial charge in [0.15, 0.2) is 18.9 Å². The molecule has 0 radical (unpaired) electrons. The van der Waals surface area contributed by atoms with E-state index in [-0.39, 0.29) is 18.2 Å². The summed E-state index contributed by atoms with van der Waals surface area (Å²) >= 11 is 0. The number of carboxylic acids is 1. The summed E-state index contributed by atoms with van der Waals surface area (Å²) in [4.78, 5) is 22.6. The second-order valence-electron chi connectivity index (χ2n) is 4.49. The van der Waals surface area contributed by atoms with Crippen LogP contribution < -0.4 is 9.88 Å². The van der Waals surface area contributed by atoms with Gasteiger partial charge >= 0.3 is 5.97 Å². The number of rotatable bonds is 6. The van der Waals surface area contributed by atoms with Crippen LogP contribution in [0.1, 0.15) is 20.3 Å². The van der Waals surface area contributed by atoms with Crippen molar-refractivity contribution >= 4 is 11.9 Å². The average Bonchev–Trinajstić information content (AvgIpc) is 2.34. The Morgan fingerprint density at radius 2 is 1.83 bits per heavy atom. The normalized spacial score (nSPS) is 12.2. The molecular weight excluding hydrogens is 232 g/mol. The van der Waals surface area contributed by atoms with Gasteiger partial charge in [0, 0.05) is 12.1 Å². The molecule has 1 rings (SSSR count). The number of pyridine rings is 1. The van der Waals surface area contributed by atoms with Crippen LogP contribution in [0.15, 0.2) is 30.6 Å². The minimum atomic E-state index is -0.995. The van der Waals surface area contributed by atoms with Crippen molar-refractivity contribution in [1.82, 2.24) is 5.32 Å². The molecule has 5 nitrogen and oxygen atoms in total. The number of nitrogens with one attached hydrogen (secondary N) is 1. The highest BCUT2D eigenvalue weighted by molar-refractivity contribution is 5.83. The zero-order valence-corrected chi connectivity index (χ0v) is 10.7. The lowest BCUT2D eigenvalue weighted by Gasteiger charge is -2.17. The van der Waals surface area contributed by atoms with Gasteiger partial charge in [-0.25, -0.2) is 9.36 Å². The van der Waals surface area contributed by atoms with Crippen molar-refractivity contribution in [3.05, 3.63) is 30.6 Å². The Labute approximate surface area is 106 Å². The van der Waals surface area contributed by atoms with Gasteiger partial charge in [-0.2, -0.15) is 0 Å². The van der Waals surface area contributed by atoms with Gasteiger partial charge in [-0.15, -0.1) is 0 Å². The summed E-state index contributed by atoms with van der Waals surface area (Å²) in [5.74, 6) is -1.37. The fourth-order valence-electron chi connectivity index (χ4n) is 1.57. The Balaban J connectivity index is 2.44. The molecule has 0 spiro atoms. The average molecular weight is 251 g/mol. The zero-order valence-electron chi connectivity index (χ0n) is 10.7. The first-order chi connectivity index (χ1) is 8.50. The molecule has 1 heterocycles. The van der Waals surface area contributed by atoms with Crippen LogP contribution in [0.25, 0.3) is 0 Å². The van der Waals surface area contributed by atoms with Gasteiger partial charge in [0.2, 0.25) is 5.91 Å². The molecule has 1 unspecified atom stereocenters. The lowest BCUT2D eigenvalue weighted by molar-refractivity contribution is -0.695. The second-order valence-corrected chi connectivity index (χ2v) is 4.49. The summed E-state index contributed by atoms with van der Waals surface area (Å²) in [5, 5.41) is 11.5. The lowest BCUT2D eigenvalue weighted by Crippen LogP contribution is -2.45. The number of nitrogens with zero attached hydrogens (tertiary/aromatic N) is 1. The van der Waals surface area contributed by atoms with Gasteiger partial charge in [0.05, 0.1) is 6.42 Å². The first-order valence-electron chi connectivity index (χ1n) is 5.97. The molecule has 1 amide bonds. The van der Waals surface area contributed by atoms with E-state index in [9.17, 15) is 9.59 Å². The highest BCUT2D eigenvalue weighted by Crippen LogP contribution is 2.01. The Hall–Kier alpha value is -1.91. The van der Waals surface area contributed by atoms with Crippen molar-refractivity contribution in [2.75, 3.05) is 0 Å². The number of hydrogen-bond donors (Lipinski definition) is 2. The van der Waals surface area contributed by atoms with Crippen LogP contribution in [0.5, 0.6) is 0 Å². The SMILES string of the molecule is CC(C)C(NC(=O)CC[n+]1ccccc1)C(=O)O. The Bertz CT molecular complexity index is 404. The van der Waals surface area contributed by atoms with E-state index in [1.54, 1.807) is 13.8 Å². The van der Waals surface area contributed by atoms with Gasteiger partial charge in [-0.05, 0) is 5.92 Å². The number of carboxylic acid groups (broad SMARTS) is 1. The molecular formula is C13H19N2O3+. The Morgan fingerprint density at radius 3 is 2.33 bits per heavy atom. The molecule has 0 saturated heterocycles. The third kappa shape index (κ3) is 4.53. The van der Waals surface area contributed by atoms with E-state index in [2.05, 4.69) is 5.32 Å². The standard InChI is InChI=1S/C13H18N2O3/c1-10(2)12(13(17)18)14-11(16)6-9-15-7-4-3-5-8-15/h3-5,7-8,10,12H,6,9H2,1-2H3,(H-,14,16,17,18)/p+1. The van der Waals surface area contributed by atoms with Crippen LogP contribution in [0.3, 0.4) is 0 Å². The molecule has 2 N–H and O–H groups in total. The summed E-state index contributed by atoms with van der Waals surface area (Å²) in [5.41, 5.74) is 0. The van der Waals surface area contributed by atoms with Crippen LogP contribution in [-0.2, 0) is 16.1 Å². The van der Waals surface area contributed by atoms with Gasteiger partial charge in [-0.1, -0.05) is 19.9 Å². The predicted octanol–water partition coefficient (Wildman–Crippen LogP) is 0.590. The Kier molecular flexibility index (Phi) is 5.30. The van der Waals surface area contributed by atoms with Crippen LogP contribution in [-0.4, -0.2) is 23.0 Å². The minimum absolute atomic E-state index is 0.129. The second kappa shape index (κ2) is 6.74. The molecule has 0 aliphatic heterocycles. The van der Waals surface area contributed by atoms with Crippen LogP contribution >= 0.6 is 0 Å². The molecule has 1 aromatic heterocycles. The number of carbonyl (C=O) groups excluding carboxylic acids is 1. The van der Waals surface area contributed by atoms with E-state index in [1.165, 1.54) is 0 Å². The summed E-state index contributed by atoms with van der Waals surface area (Å²) in [7, 11) is 0. The fourth-order valence-corrected chi connectivity index (χ4v) is 1.57. The molecule has 98 valence electrons. The van der Waals surface area contributed by atoms with Gasteiger partial charge < -0.3 is 10.4 Å². The third-order valence-electron chi connectivity index (χ3n) is 2.62. The van der Waals surface area contributed by atoms with Crippen LogP contribution in [0.4, 0.5) is 0 Å². The molecule has 0 saturated carbocycles. The number of amides is 1. The van der Waals surface area contributed by atoms with Crippen molar-refractivity contribution in [1.29, 1.82) is 0 Å². The molecule has 1 aromatic rings. The molecule has 0 aliphatic rings. The van der Waals surface area contributed by atoms with Gasteiger partial charge in [0.25, 0.3) is 0 Å². The Morgan fingerprint density at radius 1 is 1.22 bits per heavy atom. The van der Waals surface area contributed by atoms with Gasteiger partial charge in [-0.3, -0.25) is 4.79 Å². The highest BCUT2D eigenvalue weighted by Gasteiger charge is 2.23. The van der Waals surface area contributed by atoms with E-state index in [0.29, 0.717) is 6.54 Å². The smallest absolute Gasteiger partial charge is 0.326 e.